The van der Waals surface area contributed by atoms with Crippen molar-refractivity contribution in [3.05, 3.63) is 47.9 Å². The summed E-state index contributed by atoms with van der Waals surface area (Å²) in [6.45, 7) is 1.74. The van der Waals surface area contributed by atoms with Gasteiger partial charge in [0.15, 0.2) is 11.6 Å². The molecule has 162 valence electrons. The monoisotopic (exact) mass is 426 g/mol. The number of halogens is 1. The molecule has 0 atom stereocenters. The van der Waals surface area contributed by atoms with Crippen molar-refractivity contribution in [1.29, 1.82) is 0 Å². The number of rotatable bonds is 7. The van der Waals surface area contributed by atoms with E-state index in [9.17, 15) is 14.0 Å². The van der Waals surface area contributed by atoms with Gasteiger partial charge in [-0.25, -0.2) is 4.39 Å². The number of likely N-dealkylation sites (tertiary alicyclic amines) is 1. The SMILES string of the molecule is Cn1ncc2cc(C(N)=O)c(Oc3ccc(OCCC(=O)N4CCCC4)cc3F)cc21. The molecule has 0 spiro atoms. The maximum absolute atomic E-state index is 14.6. The van der Waals surface area contributed by atoms with Gasteiger partial charge in [-0.1, -0.05) is 0 Å². The van der Waals surface area contributed by atoms with Gasteiger partial charge in [0.1, 0.15) is 11.5 Å². The molecule has 8 nitrogen and oxygen atoms in total. The van der Waals surface area contributed by atoms with E-state index in [2.05, 4.69) is 5.10 Å². The zero-order valence-corrected chi connectivity index (χ0v) is 17.1. The maximum Gasteiger partial charge on any atom is 0.252 e. The van der Waals surface area contributed by atoms with E-state index in [0.29, 0.717) is 5.52 Å². The molecule has 0 radical (unpaired) electrons. The van der Waals surface area contributed by atoms with E-state index in [-0.39, 0.29) is 41.7 Å². The summed E-state index contributed by atoms with van der Waals surface area (Å²) in [6.07, 6.45) is 3.91. The third-order valence-electron chi connectivity index (χ3n) is 5.28. The number of aromatic nitrogens is 2. The van der Waals surface area contributed by atoms with Crippen LogP contribution in [0.5, 0.6) is 17.2 Å². The molecule has 2 aromatic carbocycles. The summed E-state index contributed by atoms with van der Waals surface area (Å²) < 4.78 is 27.4. The predicted octanol–water partition coefficient (Wildman–Crippen LogP) is 2.99. The van der Waals surface area contributed by atoms with Crippen LogP contribution in [0.1, 0.15) is 29.6 Å². The minimum Gasteiger partial charge on any atom is -0.493 e. The molecule has 1 aliphatic rings. The first-order valence-electron chi connectivity index (χ1n) is 10.1. The summed E-state index contributed by atoms with van der Waals surface area (Å²) in [6, 6.07) is 7.29. The quantitative estimate of drug-likeness (QED) is 0.626. The van der Waals surface area contributed by atoms with Crippen molar-refractivity contribution >= 4 is 22.7 Å². The zero-order valence-electron chi connectivity index (χ0n) is 17.1. The number of benzene rings is 2. The number of nitrogens with zero attached hydrogens (tertiary/aromatic N) is 3. The lowest BCUT2D eigenvalue weighted by Crippen LogP contribution is -2.28. The Morgan fingerprint density at radius 1 is 1.16 bits per heavy atom. The van der Waals surface area contributed by atoms with Crippen LogP contribution in [0.4, 0.5) is 4.39 Å². The highest BCUT2D eigenvalue weighted by atomic mass is 19.1. The Morgan fingerprint density at radius 3 is 2.65 bits per heavy atom. The van der Waals surface area contributed by atoms with Gasteiger partial charge in [0.2, 0.25) is 5.91 Å². The van der Waals surface area contributed by atoms with Gasteiger partial charge in [0, 0.05) is 37.7 Å². The van der Waals surface area contributed by atoms with Crippen LogP contribution < -0.4 is 15.2 Å². The molecule has 3 aromatic rings. The minimum absolute atomic E-state index is 0.0439. The topological polar surface area (TPSA) is 99.7 Å². The normalized spacial score (nSPS) is 13.5. The van der Waals surface area contributed by atoms with Gasteiger partial charge in [0.05, 0.1) is 30.3 Å². The Labute approximate surface area is 178 Å². The fourth-order valence-corrected chi connectivity index (χ4v) is 3.61. The van der Waals surface area contributed by atoms with Gasteiger partial charge in [0.25, 0.3) is 5.91 Å². The van der Waals surface area contributed by atoms with Crippen molar-refractivity contribution < 1.29 is 23.5 Å². The molecular formula is C22H23FN4O4. The average Bonchev–Trinajstić information content (AvgIpc) is 3.40. The summed E-state index contributed by atoms with van der Waals surface area (Å²) in [5.41, 5.74) is 6.30. The van der Waals surface area contributed by atoms with Crippen LogP contribution in [0.15, 0.2) is 36.5 Å². The highest BCUT2D eigenvalue weighted by Gasteiger charge is 2.18. The largest absolute Gasteiger partial charge is 0.493 e. The van der Waals surface area contributed by atoms with Crippen LogP contribution in [0.25, 0.3) is 10.9 Å². The number of amides is 2. The van der Waals surface area contributed by atoms with E-state index in [1.807, 2.05) is 4.90 Å². The van der Waals surface area contributed by atoms with Gasteiger partial charge >= 0.3 is 0 Å². The number of ether oxygens (including phenoxy) is 2. The highest BCUT2D eigenvalue weighted by Crippen LogP contribution is 2.32. The van der Waals surface area contributed by atoms with E-state index < -0.39 is 11.7 Å². The van der Waals surface area contributed by atoms with Crippen LogP contribution in [0.2, 0.25) is 0 Å². The molecule has 4 rings (SSSR count). The van der Waals surface area contributed by atoms with Crippen molar-refractivity contribution in [3.8, 4) is 17.2 Å². The lowest BCUT2D eigenvalue weighted by atomic mass is 10.1. The molecule has 2 heterocycles. The number of hydrogen-bond acceptors (Lipinski definition) is 5. The molecular weight excluding hydrogens is 403 g/mol. The van der Waals surface area contributed by atoms with Crippen molar-refractivity contribution in [3.63, 3.8) is 0 Å². The molecule has 0 bridgehead atoms. The molecule has 1 aliphatic heterocycles. The van der Waals surface area contributed by atoms with Gasteiger partial charge in [-0.15, -0.1) is 0 Å². The Hall–Kier alpha value is -3.62. The van der Waals surface area contributed by atoms with Crippen LogP contribution in [-0.2, 0) is 11.8 Å². The molecule has 2 amide bonds. The van der Waals surface area contributed by atoms with Gasteiger partial charge in [-0.2, -0.15) is 5.10 Å². The Bertz CT molecular complexity index is 1140. The minimum atomic E-state index is -0.691. The summed E-state index contributed by atoms with van der Waals surface area (Å²) >= 11 is 0. The summed E-state index contributed by atoms with van der Waals surface area (Å²) in [4.78, 5) is 25.7. The van der Waals surface area contributed by atoms with Crippen LogP contribution in [0, 0.1) is 5.82 Å². The molecule has 0 aliphatic carbocycles. The zero-order chi connectivity index (χ0) is 22.0. The predicted molar refractivity (Wildman–Crippen MR) is 112 cm³/mol. The van der Waals surface area contributed by atoms with E-state index in [1.165, 1.54) is 12.1 Å². The molecule has 1 saturated heterocycles. The maximum atomic E-state index is 14.6. The molecule has 31 heavy (non-hydrogen) atoms. The number of carbonyl (C=O) groups is 2. The number of aryl methyl sites for hydroxylation is 1. The highest BCUT2D eigenvalue weighted by molar-refractivity contribution is 6.00. The molecule has 1 fully saturated rings. The molecule has 9 heteroatoms. The number of nitrogens with two attached hydrogens (primary N) is 1. The molecule has 1 aromatic heterocycles. The molecule has 0 saturated carbocycles. The summed E-state index contributed by atoms with van der Waals surface area (Å²) in [5, 5.41) is 4.85. The summed E-state index contributed by atoms with van der Waals surface area (Å²) in [5.74, 6) is -0.969. The van der Waals surface area contributed by atoms with Crippen molar-refractivity contribution in [2.24, 2.45) is 12.8 Å². The van der Waals surface area contributed by atoms with Gasteiger partial charge < -0.3 is 20.1 Å². The number of hydrogen-bond donors (Lipinski definition) is 1. The second-order valence-corrected chi connectivity index (χ2v) is 7.42. The van der Waals surface area contributed by atoms with E-state index in [4.69, 9.17) is 15.2 Å². The van der Waals surface area contributed by atoms with Crippen LogP contribution in [0.3, 0.4) is 0 Å². The van der Waals surface area contributed by atoms with Crippen molar-refractivity contribution in [2.75, 3.05) is 19.7 Å². The van der Waals surface area contributed by atoms with E-state index >= 15 is 0 Å². The van der Waals surface area contributed by atoms with Crippen molar-refractivity contribution in [2.45, 2.75) is 19.3 Å². The Morgan fingerprint density at radius 2 is 1.94 bits per heavy atom. The smallest absolute Gasteiger partial charge is 0.252 e. The fraction of sp³-hybridized carbons (Fsp3) is 0.318. The standard InChI is InChI=1S/C22H23FN4O4/c1-26-18-12-20(16(22(24)29)10-14(18)13-25-26)31-19-5-4-15(11-17(19)23)30-9-6-21(28)27-7-2-3-8-27/h4-5,10-13H,2-3,6-9H2,1H3,(H2,24,29). The van der Waals surface area contributed by atoms with Gasteiger partial charge in [-0.3, -0.25) is 14.3 Å². The van der Waals surface area contributed by atoms with E-state index in [1.54, 1.807) is 36.1 Å². The van der Waals surface area contributed by atoms with Gasteiger partial charge in [-0.05, 0) is 31.0 Å². The third kappa shape index (κ3) is 4.45. The molecule has 0 unspecified atom stereocenters. The Kier molecular flexibility index (Phi) is 5.75. The first-order chi connectivity index (χ1) is 14.9. The number of fused-ring (bicyclic) bond motifs is 1. The number of primary amides is 1. The number of carbonyl (C=O) groups excluding carboxylic acids is 2. The third-order valence-corrected chi connectivity index (χ3v) is 5.28. The Balaban J connectivity index is 1.46. The second kappa shape index (κ2) is 8.63. The fourth-order valence-electron chi connectivity index (χ4n) is 3.61. The lowest BCUT2D eigenvalue weighted by Gasteiger charge is -2.15. The van der Waals surface area contributed by atoms with E-state index in [0.717, 1.165) is 31.3 Å². The van der Waals surface area contributed by atoms with Crippen molar-refractivity contribution in [1.82, 2.24) is 14.7 Å². The lowest BCUT2D eigenvalue weighted by molar-refractivity contribution is -0.130. The summed E-state index contributed by atoms with van der Waals surface area (Å²) in [7, 11) is 1.75. The second-order valence-electron chi connectivity index (χ2n) is 7.42. The molecule has 2 N–H and O–H groups in total. The first-order valence-corrected chi connectivity index (χ1v) is 10.1. The first kappa shape index (κ1) is 20.6. The van der Waals surface area contributed by atoms with Crippen LogP contribution >= 0.6 is 0 Å². The average molecular weight is 426 g/mol. The van der Waals surface area contributed by atoms with Crippen LogP contribution in [-0.4, -0.2) is 46.2 Å².